The normalized spacial score (nSPS) is 12.5. The van der Waals surface area contributed by atoms with Crippen LogP contribution in [0, 0.1) is 10.1 Å². The number of carboxylic acid groups (broad SMARTS) is 1. The molecule has 0 heterocycles. The predicted octanol–water partition coefficient (Wildman–Crippen LogP) is 1.85. The molecule has 0 saturated carbocycles. The van der Waals surface area contributed by atoms with Crippen LogP contribution in [0.2, 0.25) is 0 Å². The van der Waals surface area contributed by atoms with Crippen LogP contribution >= 0.6 is 0 Å². The van der Waals surface area contributed by atoms with Crippen molar-refractivity contribution < 1.29 is 24.4 Å². The minimum absolute atomic E-state index is 0.0127. The first kappa shape index (κ1) is 16.6. The van der Waals surface area contributed by atoms with Crippen LogP contribution in [0.25, 0.3) is 0 Å². The van der Waals surface area contributed by atoms with Gasteiger partial charge in [-0.3, -0.25) is 14.9 Å². The molecule has 21 heavy (non-hydrogen) atoms. The van der Waals surface area contributed by atoms with Crippen LogP contribution in [0.1, 0.15) is 42.9 Å². The maximum atomic E-state index is 11.3. The van der Waals surface area contributed by atoms with Crippen molar-refractivity contribution in [2.24, 2.45) is 0 Å². The minimum Gasteiger partial charge on any atom is -0.477 e. The number of nitro benzene ring substituents is 1. The van der Waals surface area contributed by atoms with Gasteiger partial charge in [0, 0.05) is 11.6 Å². The molecule has 2 N–H and O–H groups in total. The van der Waals surface area contributed by atoms with Gasteiger partial charge in [-0.15, -0.1) is 0 Å². The van der Waals surface area contributed by atoms with Gasteiger partial charge >= 0.3 is 5.97 Å². The summed E-state index contributed by atoms with van der Waals surface area (Å²) < 4.78 is 5.56. The van der Waals surface area contributed by atoms with E-state index < -0.39 is 34.0 Å². The number of amides is 1. The third-order valence-electron chi connectivity index (χ3n) is 2.46. The number of rotatable bonds is 6. The van der Waals surface area contributed by atoms with Gasteiger partial charge in [0.1, 0.15) is 5.56 Å². The quantitative estimate of drug-likeness (QED) is 0.358. The fourth-order valence-corrected chi connectivity index (χ4v) is 1.76. The van der Waals surface area contributed by atoms with E-state index in [4.69, 9.17) is 4.74 Å². The molecular weight excluding hydrogens is 280 g/mol. The standard InChI is InChI=1S/C13H16N2O6/c1-13(2,3)21-11(14-7-16)8-5-4-6-9(15(19)20)10(8)12(17)18/h4-7,11H,1-3H3,(H,14,16)(H,17,18). The Balaban J connectivity index is 3.43. The van der Waals surface area contributed by atoms with E-state index in [0.29, 0.717) is 6.41 Å². The van der Waals surface area contributed by atoms with E-state index in [0.717, 1.165) is 6.07 Å². The summed E-state index contributed by atoms with van der Waals surface area (Å²) >= 11 is 0. The Morgan fingerprint density at radius 1 is 1.48 bits per heavy atom. The zero-order valence-electron chi connectivity index (χ0n) is 11.8. The van der Waals surface area contributed by atoms with Crippen molar-refractivity contribution in [3.8, 4) is 0 Å². The molecule has 0 aliphatic heterocycles. The van der Waals surface area contributed by atoms with E-state index in [-0.39, 0.29) is 5.56 Å². The molecule has 0 bridgehead atoms. The molecule has 1 atom stereocenters. The summed E-state index contributed by atoms with van der Waals surface area (Å²) in [5.74, 6) is -1.47. The van der Waals surface area contributed by atoms with Gasteiger partial charge in [0.05, 0.1) is 10.5 Å². The monoisotopic (exact) mass is 296 g/mol. The van der Waals surface area contributed by atoms with Gasteiger partial charge in [0.15, 0.2) is 6.23 Å². The van der Waals surface area contributed by atoms with Crippen molar-refractivity contribution in [1.82, 2.24) is 5.32 Å². The first-order valence-electron chi connectivity index (χ1n) is 6.05. The van der Waals surface area contributed by atoms with E-state index in [2.05, 4.69) is 5.32 Å². The fraction of sp³-hybridized carbons (Fsp3) is 0.385. The molecule has 1 aromatic rings. The van der Waals surface area contributed by atoms with Crippen LogP contribution in [0.15, 0.2) is 18.2 Å². The number of hydrogen-bond acceptors (Lipinski definition) is 5. The van der Waals surface area contributed by atoms with E-state index in [1.165, 1.54) is 12.1 Å². The number of nitro groups is 1. The Kier molecular flexibility index (Phi) is 4.98. The van der Waals surface area contributed by atoms with Gasteiger partial charge in [-0.1, -0.05) is 12.1 Å². The highest BCUT2D eigenvalue weighted by Gasteiger charge is 2.30. The molecule has 1 aromatic carbocycles. The van der Waals surface area contributed by atoms with Crippen molar-refractivity contribution in [2.45, 2.75) is 32.6 Å². The topological polar surface area (TPSA) is 119 Å². The number of aromatic carboxylic acids is 1. The van der Waals surface area contributed by atoms with Crippen LogP contribution < -0.4 is 5.32 Å². The van der Waals surface area contributed by atoms with Crippen molar-refractivity contribution >= 4 is 18.1 Å². The zero-order chi connectivity index (χ0) is 16.2. The SMILES string of the molecule is CC(C)(C)OC(NC=O)c1cccc([N+](=O)[O-])c1C(=O)O. The average molecular weight is 296 g/mol. The van der Waals surface area contributed by atoms with Crippen LogP contribution in [0.5, 0.6) is 0 Å². The van der Waals surface area contributed by atoms with E-state index in [9.17, 15) is 24.8 Å². The molecule has 0 saturated heterocycles. The summed E-state index contributed by atoms with van der Waals surface area (Å²) in [6.07, 6.45) is -0.755. The minimum atomic E-state index is -1.47. The average Bonchev–Trinajstić information content (AvgIpc) is 2.35. The third-order valence-corrected chi connectivity index (χ3v) is 2.46. The largest absolute Gasteiger partial charge is 0.477 e. The van der Waals surface area contributed by atoms with E-state index in [1.54, 1.807) is 20.8 Å². The van der Waals surface area contributed by atoms with Gasteiger partial charge in [-0.05, 0) is 20.8 Å². The summed E-state index contributed by atoms with van der Waals surface area (Å²) in [5.41, 5.74) is -1.75. The molecule has 0 fully saturated rings. The lowest BCUT2D eigenvalue weighted by Gasteiger charge is -2.27. The molecule has 0 aliphatic rings. The molecule has 1 unspecified atom stereocenters. The molecule has 114 valence electrons. The summed E-state index contributed by atoms with van der Waals surface area (Å²) in [4.78, 5) is 32.2. The highest BCUT2D eigenvalue weighted by atomic mass is 16.6. The van der Waals surface area contributed by atoms with Crippen LogP contribution in [0.4, 0.5) is 5.69 Å². The Hall–Kier alpha value is -2.48. The first-order valence-corrected chi connectivity index (χ1v) is 6.05. The number of nitrogens with zero attached hydrogens (tertiary/aromatic N) is 1. The maximum Gasteiger partial charge on any atom is 0.343 e. The highest BCUT2D eigenvalue weighted by Crippen LogP contribution is 2.30. The molecule has 0 spiro atoms. The second kappa shape index (κ2) is 6.31. The number of benzene rings is 1. The molecule has 8 nitrogen and oxygen atoms in total. The van der Waals surface area contributed by atoms with Crippen molar-refractivity contribution in [1.29, 1.82) is 0 Å². The molecule has 8 heteroatoms. The first-order chi connectivity index (χ1) is 9.67. The van der Waals surface area contributed by atoms with E-state index in [1.807, 2.05) is 0 Å². The molecule has 1 rings (SSSR count). The van der Waals surface area contributed by atoms with Crippen molar-refractivity contribution in [3.05, 3.63) is 39.4 Å². The summed E-state index contributed by atoms with van der Waals surface area (Å²) in [6, 6.07) is 3.79. The van der Waals surface area contributed by atoms with Gasteiger partial charge < -0.3 is 15.2 Å². The van der Waals surface area contributed by atoms with Crippen molar-refractivity contribution in [3.63, 3.8) is 0 Å². The number of nitrogens with one attached hydrogen (secondary N) is 1. The van der Waals surface area contributed by atoms with Gasteiger partial charge in [0.2, 0.25) is 6.41 Å². The Morgan fingerprint density at radius 3 is 2.52 bits per heavy atom. The zero-order valence-corrected chi connectivity index (χ0v) is 11.8. The molecule has 0 radical (unpaired) electrons. The Labute approximate surface area is 120 Å². The summed E-state index contributed by atoms with van der Waals surface area (Å²) in [6.45, 7) is 5.14. The number of carbonyl (C=O) groups is 2. The van der Waals surface area contributed by atoms with Gasteiger partial charge in [0.25, 0.3) is 5.69 Å². The van der Waals surface area contributed by atoms with Crippen molar-refractivity contribution in [2.75, 3.05) is 0 Å². The second-order valence-corrected chi connectivity index (χ2v) is 5.20. The summed E-state index contributed by atoms with van der Waals surface area (Å²) in [7, 11) is 0. The van der Waals surface area contributed by atoms with Crippen LogP contribution in [0.3, 0.4) is 0 Å². The predicted molar refractivity (Wildman–Crippen MR) is 72.8 cm³/mol. The van der Waals surface area contributed by atoms with E-state index >= 15 is 0 Å². The molecule has 0 aliphatic carbocycles. The highest BCUT2D eigenvalue weighted by molar-refractivity contribution is 5.94. The maximum absolute atomic E-state index is 11.3. The molecule has 0 aromatic heterocycles. The number of carboxylic acids is 1. The fourth-order valence-electron chi connectivity index (χ4n) is 1.76. The summed E-state index contributed by atoms with van der Waals surface area (Å²) in [5, 5.41) is 22.5. The molecule has 1 amide bonds. The second-order valence-electron chi connectivity index (χ2n) is 5.20. The number of carbonyl (C=O) groups excluding carboxylic acids is 1. The lowest BCUT2D eigenvalue weighted by atomic mass is 10.0. The lowest BCUT2D eigenvalue weighted by Crippen LogP contribution is -2.32. The third kappa shape index (κ3) is 4.25. The van der Waals surface area contributed by atoms with Gasteiger partial charge in [-0.2, -0.15) is 0 Å². The smallest absolute Gasteiger partial charge is 0.343 e. The Bertz CT molecular complexity index is 564. The Morgan fingerprint density at radius 2 is 2.10 bits per heavy atom. The van der Waals surface area contributed by atoms with Crippen LogP contribution in [-0.2, 0) is 9.53 Å². The lowest BCUT2D eigenvalue weighted by molar-refractivity contribution is -0.385. The number of hydrogen-bond donors (Lipinski definition) is 2. The van der Waals surface area contributed by atoms with Gasteiger partial charge in [-0.25, -0.2) is 4.79 Å². The number of ether oxygens (including phenoxy) is 1. The van der Waals surface area contributed by atoms with Crippen LogP contribution in [-0.4, -0.2) is 28.0 Å². The molecular formula is C13H16N2O6.